The third-order valence-electron chi connectivity index (χ3n) is 3.68. The molecule has 0 unspecified atom stereocenters. The Morgan fingerprint density at radius 1 is 1.54 bits per heavy atom. The van der Waals surface area contributed by atoms with Gasteiger partial charge in [0.1, 0.15) is 6.54 Å². The highest BCUT2D eigenvalue weighted by atomic mass is 79.9. The molecule has 0 amide bonds. The number of aromatic nitrogens is 1. The number of nitrogens with one attached hydrogen (secondary N) is 1. The normalized spacial score (nSPS) is 20.1. The van der Waals surface area contributed by atoms with Crippen LogP contribution in [0.2, 0.25) is 0 Å². The van der Waals surface area contributed by atoms with Crippen LogP contribution < -0.4 is 5.32 Å². The summed E-state index contributed by atoms with van der Waals surface area (Å²) in [6.07, 6.45) is 1.76. The number of halogens is 1. The second kappa shape index (κ2) is 7.58. The van der Waals surface area contributed by atoms with Crippen molar-refractivity contribution in [1.29, 1.82) is 0 Å². The molecular weight excluding hydrogens is 410 g/mol. The van der Waals surface area contributed by atoms with Crippen molar-refractivity contribution in [3.8, 4) is 0 Å². The quantitative estimate of drug-likeness (QED) is 0.584. The first-order valence-corrected chi connectivity index (χ1v) is 9.56. The number of ether oxygens (including phenoxy) is 1. The Bertz CT molecular complexity index is 738. The highest BCUT2D eigenvalue weighted by Gasteiger charge is 2.41. The van der Waals surface area contributed by atoms with E-state index in [1.807, 2.05) is 28.5 Å². The zero-order chi connectivity index (χ0) is 17.1. The summed E-state index contributed by atoms with van der Waals surface area (Å²) in [6.45, 7) is 2.26. The Morgan fingerprint density at radius 3 is 3.00 bits per heavy atom. The minimum absolute atomic E-state index is 0.104. The number of thiophene rings is 1. The van der Waals surface area contributed by atoms with Gasteiger partial charge < -0.3 is 15.0 Å². The van der Waals surface area contributed by atoms with Crippen LogP contribution in [0.5, 0.6) is 0 Å². The van der Waals surface area contributed by atoms with Crippen molar-refractivity contribution >= 4 is 50.6 Å². The third kappa shape index (κ3) is 3.60. The van der Waals surface area contributed by atoms with Crippen LogP contribution in [0.15, 0.2) is 40.3 Å². The van der Waals surface area contributed by atoms with Crippen LogP contribution in [-0.4, -0.2) is 34.1 Å². The molecule has 0 saturated carbocycles. The lowest BCUT2D eigenvalue weighted by molar-refractivity contribution is -0.143. The van der Waals surface area contributed by atoms with Crippen molar-refractivity contribution in [1.82, 2.24) is 15.2 Å². The highest BCUT2D eigenvalue weighted by Crippen LogP contribution is 2.41. The van der Waals surface area contributed by atoms with Gasteiger partial charge in [0.15, 0.2) is 5.11 Å². The van der Waals surface area contributed by atoms with Crippen LogP contribution in [0, 0.1) is 0 Å². The largest absolute Gasteiger partial charge is 0.465 e. The molecule has 0 radical (unpaired) electrons. The average Bonchev–Trinajstić information content (AvgIpc) is 3.13. The summed E-state index contributed by atoms with van der Waals surface area (Å²) >= 11 is 10.6. The lowest BCUT2D eigenvalue weighted by Gasteiger charge is -2.25. The van der Waals surface area contributed by atoms with Crippen molar-refractivity contribution in [2.45, 2.75) is 19.0 Å². The van der Waals surface area contributed by atoms with Gasteiger partial charge in [-0.25, -0.2) is 0 Å². The maximum absolute atomic E-state index is 12.0. The molecule has 24 heavy (non-hydrogen) atoms. The molecule has 3 heterocycles. The summed E-state index contributed by atoms with van der Waals surface area (Å²) in [4.78, 5) is 19.4. The number of pyridine rings is 1. The fraction of sp³-hybridized carbons (Fsp3) is 0.312. The second-order valence-electron chi connectivity index (χ2n) is 5.23. The molecule has 2 aromatic heterocycles. The van der Waals surface area contributed by atoms with Crippen LogP contribution in [-0.2, 0) is 9.53 Å². The zero-order valence-electron chi connectivity index (χ0n) is 12.9. The fourth-order valence-electron chi connectivity index (χ4n) is 2.71. The molecule has 0 aliphatic carbocycles. The van der Waals surface area contributed by atoms with Crippen LogP contribution in [0.3, 0.4) is 0 Å². The van der Waals surface area contributed by atoms with Crippen molar-refractivity contribution in [3.05, 3.63) is 50.9 Å². The van der Waals surface area contributed by atoms with E-state index in [1.54, 1.807) is 24.5 Å². The molecule has 1 aliphatic heterocycles. The lowest BCUT2D eigenvalue weighted by atomic mass is 10.0. The van der Waals surface area contributed by atoms with E-state index < -0.39 is 0 Å². The minimum atomic E-state index is -0.288. The number of hydrogen-bond donors (Lipinski definition) is 1. The van der Waals surface area contributed by atoms with Gasteiger partial charge in [0.05, 0.1) is 24.4 Å². The number of nitrogens with zero attached hydrogens (tertiary/aromatic N) is 2. The van der Waals surface area contributed by atoms with E-state index >= 15 is 0 Å². The lowest BCUT2D eigenvalue weighted by Crippen LogP contribution is -2.35. The molecular formula is C16H16BrN3O2S2. The Labute approximate surface area is 158 Å². The van der Waals surface area contributed by atoms with E-state index in [1.165, 1.54) is 0 Å². The molecule has 0 bridgehead atoms. The van der Waals surface area contributed by atoms with Crippen LogP contribution >= 0.6 is 39.5 Å². The molecule has 0 aromatic carbocycles. The van der Waals surface area contributed by atoms with E-state index in [9.17, 15) is 4.79 Å². The standard InChI is InChI=1S/C16H16BrN3O2S2/c1-2-22-13(21)8-20-15(12-7-10(17)9-24-12)14(19-16(20)23)11-5-3-4-6-18-11/h3-7,9,14-15H,2,8H2,1H3,(H,19,23)/t14-,15-/m0/s1. The molecule has 5 nitrogen and oxygen atoms in total. The summed E-state index contributed by atoms with van der Waals surface area (Å²) in [5.74, 6) is -0.288. The summed E-state index contributed by atoms with van der Waals surface area (Å²) in [5, 5.41) is 5.86. The summed E-state index contributed by atoms with van der Waals surface area (Å²) in [6, 6.07) is 7.63. The summed E-state index contributed by atoms with van der Waals surface area (Å²) in [7, 11) is 0. The Kier molecular flexibility index (Phi) is 5.47. The first kappa shape index (κ1) is 17.3. The Morgan fingerprint density at radius 2 is 2.38 bits per heavy atom. The summed E-state index contributed by atoms with van der Waals surface area (Å²) < 4.78 is 6.10. The maximum Gasteiger partial charge on any atom is 0.325 e. The molecule has 8 heteroatoms. The molecule has 3 rings (SSSR count). The molecule has 0 spiro atoms. The average molecular weight is 426 g/mol. The van der Waals surface area contributed by atoms with Gasteiger partial charge in [-0.3, -0.25) is 9.78 Å². The number of rotatable bonds is 5. The van der Waals surface area contributed by atoms with Crippen LogP contribution in [0.25, 0.3) is 0 Å². The van der Waals surface area contributed by atoms with Gasteiger partial charge in [-0.15, -0.1) is 11.3 Å². The van der Waals surface area contributed by atoms with E-state index in [2.05, 4.69) is 32.3 Å². The summed E-state index contributed by atoms with van der Waals surface area (Å²) in [5.41, 5.74) is 0.890. The van der Waals surface area contributed by atoms with Gasteiger partial charge in [0, 0.05) is 20.9 Å². The van der Waals surface area contributed by atoms with E-state index in [0.717, 1.165) is 15.0 Å². The molecule has 2 aromatic rings. The number of esters is 1. The van der Waals surface area contributed by atoms with Gasteiger partial charge in [0.25, 0.3) is 0 Å². The zero-order valence-corrected chi connectivity index (χ0v) is 16.2. The molecule has 1 fully saturated rings. The predicted molar refractivity (Wildman–Crippen MR) is 101 cm³/mol. The van der Waals surface area contributed by atoms with E-state index in [0.29, 0.717) is 11.7 Å². The Balaban J connectivity index is 1.95. The second-order valence-corrected chi connectivity index (χ2v) is 7.47. The molecule has 1 aliphatic rings. The maximum atomic E-state index is 12.0. The van der Waals surface area contributed by atoms with Gasteiger partial charge in [0.2, 0.25) is 0 Å². The van der Waals surface area contributed by atoms with Crippen molar-refractivity contribution in [2.24, 2.45) is 0 Å². The van der Waals surface area contributed by atoms with E-state index in [4.69, 9.17) is 17.0 Å². The van der Waals surface area contributed by atoms with Gasteiger partial charge in [-0.2, -0.15) is 0 Å². The molecule has 1 saturated heterocycles. The van der Waals surface area contributed by atoms with Crippen LogP contribution in [0.4, 0.5) is 0 Å². The Hall–Kier alpha value is -1.51. The molecule has 1 N–H and O–H groups in total. The van der Waals surface area contributed by atoms with Gasteiger partial charge >= 0.3 is 5.97 Å². The number of carbonyl (C=O) groups is 1. The number of hydrogen-bond acceptors (Lipinski definition) is 5. The molecule has 126 valence electrons. The smallest absolute Gasteiger partial charge is 0.325 e. The first-order valence-electron chi connectivity index (χ1n) is 7.47. The van der Waals surface area contributed by atoms with Crippen LogP contribution in [0.1, 0.15) is 29.6 Å². The SMILES string of the molecule is CCOC(=O)CN1C(=S)N[C@@H](c2ccccn2)[C@@H]1c1cc(Br)cs1. The highest BCUT2D eigenvalue weighted by molar-refractivity contribution is 9.10. The van der Waals surface area contributed by atoms with Crippen molar-refractivity contribution in [3.63, 3.8) is 0 Å². The van der Waals surface area contributed by atoms with E-state index in [-0.39, 0.29) is 24.6 Å². The topological polar surface area (TPSA) is 54.5 Å². The third-order valence-corrected chi connectivity index (χ3v) is 5.80. The predicted octanol–water partition coefficient (Wildman–Crippen LogP) is 3.44. The number of thiocarbonyl (C=S) groups is 1. The minimum Gasteiger partial charge on any atom is -0.465 e. The fourth-order valence-corrected chi connectivity index (χ4v) is 4.61. The van der Waals surface area contributed by atoms with Gasteiger partial charge in [-0.05, 0) is 53.3 Å². The first-order chi connectivity index (χ1) is 11.6. The monoisotopic (exact) mass is 425 g/mol. The van der Waals surface area contributed by atoms with Crippen molar-refractivity contribution in [2.75, 3.05) is 13.2 Å². The molecule has 2 atom stereocenters. The van der Waals surface area contributed by atoms with Gasteiger partial charge in [-0.1, -0.05) is 6.07 Å². The number of carbonyl (C=O) groups excluding carboxylic acids is 1. The van der Waals surface area contributed by atoms with Crippen molar-refractivity contribution < 1.29 is 9.53 Å².